The highest BCUT2D eigenvalue weighted by molar-refractivity contribution is 9.10. The zero-order valence-corrected chi connectivity index (χ0v) is 20.4. The maximum Gasteiger partial charge on any atom is 0.407 e. The van der Waals surface area contributed by atoms with Crippen LogP contribution in [0.4, 0.5) is 26.2 Å². The van der Waals surface area contributed by atoms with Crippen LogP contribution in [0.3, 0.4) is 0 Å². The second kappa shape index (κ2) is 9.89. The molecule has 0 bridgehead atoms. The molecule has 1 unspecified atom stereocenters. The molecule has 10 heteroatoms. The van der Waals surface area contributed by atoms with E-state index in [1.54, 1.807) is 12.4 Å². The number of amides is 1. The van der Waals surface area contributed by atoms with Crippen LogP contribution in [0.5, 0.6) is 0 Å². The third-order valence-electron chi connectivity index (χ3n) is 5.06. The molecule has 1 aliphatic heterocycles. The minimum atomic E-state index is -0.540. The van der Waals surface area contributed by atoms with E-state index in [0.717, 1.165) is 30.8 Å². The van der Waals surface area contributed by atoms with Crippen LogP contribution in [0.25, 0.3) is 0 Å². The van der Waals surface area contributed by atoms with E-state index in [1.165, 1.54) is 6.07 Å². The number of halogens is 2. The zero-order valence-electron chi connectivity index (χ0n) is 18.8. The SMILES string of the molecule is CC(Nc1cnccc1N1CCC[C@H](NC(=O)OC(C)(C)C)C1)c1nc(Br)c(F)cc1N. The third-order valence-corrected chi connectivity index (χ3v) is 5.61. The number of carbonyl (C=O) groups excluding carboxylic acids is 1. The average Bonchev–Trinajstić information content (AvgIpc) is 2.69. The number of piperidine rings is 1. The Labute approximate surface area is 196 Å². The fourth-order valence-corrected chi connectivity index (χ4v) is 4.01. The van der Waals surface area contributed by atoms with Crippen molar-refractivity contribution in [2.24, 2.45) is 0 Å². The molecule has 0 radical (unpaired) electrons. The van der Waals surface area contributed by atoms with Crippen molar-refractivity contribution in [2.45, 2.75) is 58.2 Å². The molecule has 2 aromatic heterocycles. The second-order valence-electron chi connectivity index (χ2n) is 8.93. The maximum absolute atomic E-state index is 13.7. The van der Waals surface area contributed by atoms with Crippen LogP contribution in [0.15, 0.2) is 29.1 Å². The first kappa shape index (κ1) is 24.0. The van der Waals surface area contributed by atoms with Crippen molar-refractivity contribution in [3.63, 3.8) is 0 Å². The van der Waals surface area contributed by atoms with Crippen LogP contribution in [0.2, 0.25) is 0 Å². The summed E-state index contributed by atoms with van der Waals surface area (Å²) in [5, 5.41) is 6.37. The van der Waals surface area contributed by atoms with Gasteiger partial charge in [-0.1, -0.05) is 0 Å². The second-order valence-corrected chi connectivity index (χ2v) is 9.68. The van der Waals surface area contributed by atoms with Gasteiger partial charge in [-0.3, -0.25) is 4.98 Å². The van der Waals surface area contributed by atoms with Crippen molar-refractivity contribution >= 4 is 39.1 Å². The van der Waals surface area contributed by atoms with Crippen molar-refractivity contribution < 1.29 is 13.9 Å². The topological polar surface area (TPSA) is 105 Å². The quantitative estimate of drug-likeness (QED) is 0.505. The van der Waals surface area contributed by atoms with Crippen molar-refractivity contribution in [3.8, 4) is 0 Å². The summed E-state index contributed by atoms with van der Waals surface area (Å²) >= 11 is 3.12. The molecule has 3 rings (SSSR count). The summed E-state index contributed by atoms with van der Waals surface area (Å²) < 4.78 is 19.2. The van der Waals surface area contributed by atoms with E-state index >= 15 is 0 Å². The number of hydrogen-bond acceptors (Lipinski definition) is 7. The lowest BCUT2D eigenvalue weighted by atomic mass is 10.0. The molecule has 1 fully saturated rings. The first-order chi connectivity index (χ1) is 15.0. The van der Waals surface area contributed by atoms with Crippen LogP contribution in [-0.2, 0) is 4.74 Å². The minimum absolute atomic E-state index is 0.0256. The first-order valence-corrected chi connectivity index (χ1v) is 11.4. The molecule has 32 heavy (non-hydrogen) atoms. The number of nitrogens with one attached hydrogen (secondary N) is 2. The summed E-state index contributed by atoms with van der Waals surface area (Å²) in [6.07, 6.45) is 4.87. The maximum atomic E-state index is 13.7. The number of nitrogens with zero attached hydrogens (tertiary/aromatic N) is 3. The van der Waals surface area contributed by atoms with Gasteiger partial charge in [-0.25, -0.2) is 14.2 Å². The van der Waals surface area contributed by atoms with Gasteiger partial charge in [0.15, 0.2) is 5.82 Å². The van der Waals surface area contributed by atoms with E-state index in [1.807, 2.05) is 33.8 Å². The summed E-state index contributed by atoms with van der Waals surface area (Å²) in [7, 11) is 0. The lowest BCUT2D eigenvalue weighted by Crippen LogP contribution is -2.49. The molecule has 4 N–H and O–H groups in total. The number of aromatic nitrogens is 2. The molecule has 0 aromatic carbocycles. The van der Waals surface area contributed by atoms with Crippen molar-refractivity contribution in [1.82, 2.24) is 15.3 Å². The predicted molar refractivity (Wildman–Crippen MR) is 127 cm³/mol. The van der Waals surface area contributed by atoms with Gasteiger partial charge in [0.2, 0.25) is 0 Å². The van der Waals surface area contributed by atoms with Crippen LogP contribution < -0.4 is 21.3 Å². The number of nitrogens with two attached hydrogens (primary N) is 1. The highest BCUT2D eigenvalue weighted by atomic mass is 79.9. The number of hydrogen-bond donors (Lipinski definition) is 3. The summed E-state index contributed by atoms with van der Waals surface area (Å²) in [4.78, 5) is 22.9. The third kappa shape index (κ3) is 6.21. The highest BCUT2D eigenvalue weighted by Gasteiger charge is 2.26. The Morgan fingerprint density at radius 1 is 1.44 bits per heavy atom. The van der Waals surface area contributed by atoms with E-state index in [9.17, 15) is 9.18 Å². The van der Waals surface area contributed by atoms with E-state index in [2.05, 4.69) is 41.4 Å². The fraction of sp³-hybridized carbons (Fsp3) is 0.500. The van der Waals surface area contributed by atoms with Gasteiger partial charge in [-0.2, -0.15) is 0 Å². The summed E-state index contributed by atoms with van der Waals surface area (Å²) in [6.45, 7) is 8.94. The largest absolute Gasteiger partial charge is 0.444 e. The van der Waals surface area contributed by atoms with Gasteiger partial charge in [-0.05, 0) is 62.5 Å². The molecule has 2 atom stereocenters. The first-order valence-electron chi connectivity index (χ1n) is 10.6. The van der Waals surface area contributed by atoms with Crippen molar-refractivity contribution in [1.29, 1.82) is 0 Å². The molecule has 0 saturated carbocycles. The van der Waals surface area contributed by atoms with E-state index < -0.39 is 17.5 Å². The summed E-state index contributed by atoms with van der Waals surface area (Å²) in [6, 6.07) is 2.88. The van der Waals surface area contributed by atoms with Gasteiger partial charge in [-0.15, -0.1) is 0 Å². The average molecular weight is 509 g/mol. The smallest absolute Gasteiger partial charge is 0.407 e. The Kier molecular flexibility index (Phi) is 7.43. The van der Waals surface area contributed by atoms with Crippen LogP contribution in [-0.4, -0.2) is 40.8 Å². The number of alkyl carbamates (subject to hydrolysis) is 1. The number of carbonyl (C=O) groups is 1. The molecule has 1 saturated heterocycles. The number of rotatable bonds is 5. The Hall–Kier alpha value is -2.62. The fourth-order valence-electron chi connectivity index (χ4n) is 3.70. The molecule has 2 aromatic rings. The van der Waals surface area contributed by atoms with Gasteiger partial charge in [0.1, 0.15) is 10.2 Å². The van der Waals surface area contributed by atoms with Gasteiger partial charge in [0.05, 0.1) is 35.0 Å². The van der Waals surface area contributed by atoms with E-state index in [0.29, 0.717) is 12.2 Å². The molecular weight excluding hydrogens is 479 g/mol. The molecule has 8 nitrogen and oxygen atoms in total. The van der Waals surface area contributed by atoms with E-state index in [-0.39, 0.29) is 22.4 Å². The molecule has 3 heterocycles. The highest BCUT2D eigenvalue weighted by Crippen LogP contribution is 2.32. The predicted octanol–water partition coefficient (Wildman–Crippen LogP) is 4.63. The monoisotopic (exact) mass is 508 g/mol. The Morgan fingerprint density at radius 2 is 2.19 bits per heavy atom. The zero-order chi connectivity index (χ0) is 23.5. The summed E-state index contributed by atoms with van der Waals surface area (Å²) in [5.41, 5.74) is 8.03. The summed E-state index contributed by atoms with van der Waals surface area (Å²) in [5.74, 6) is -0.502. The Morgan fingerprint density at radius 3 is 2.91 bits per heavy atom. The van der Waals surface area contributed by atoms with Crippen LogP contribution in [0.1, 0.15) is 52.3 Å². The van der Waals surface area contributed by atoms with Gasteiger partial charge in [0, 0.05) is 31.4 Å². The Balaban J connectivity index is 1.73. The molecule has 174 valence electrons. The lowest BCUT2D eigenvalue weighted by molar-refractivity contribution is 0.0500. The van der Waals surface area contributed by atoms with Crippen LogP contribution >= 0.6 is 15.9 Å². The number of nitrogen functional groups attached to an aromatic ring is 1. The standard InChI is InChI=1S/C22H30BrFN6O2/c1-13(19-16(25)10-15(24)20(23)29-19)27-17-11-26-8-7-18(17)30-9-5-6-14(12-30)28-21(31)32-22(2,3)4/h7-8,10-11,13-14,27H,5-6,9,12,25H2,1-4H3,(H,28,31)/t13?,14-/m0/s1. The van der Waals surface area contributed by atoms with Gasteiger partial charge in [0.25, 0.3) is 0 Å². The van der Waals surface area contributed by atoms with Crippen molar-refractivity contribution in [2.75, 3.05) is 29.0 Å². The lowest BCUT2D eigenvalue weighted by Gasteiger charge is -2.36. The van der Waals surface area contributed by atoms with Crippen LogP contribution in [0, 0.1) is 5.82 Å². The normalized spacial score (nSPS) is 17.6. The molecule has 0 aliphatic carbocycles. The number of anilines is 3. The van der Waals surface area contributed by atoms with Gasteiger partial charge >= 0.3 is 6.09 Å². The molecule has 1 amide bonds. The number of ether oxygens (including phenoxy) is 1. The van der Waals surface area contributed by atoms with Crippen molar-refractivity contribution in [3.05, 3.63) is 40.6 Å². The van der Waals surface area contributed by atoms with Gasteiger partial charge < -0.3 is 26.0 Å². The van der Waals surface area contributed by atoms with E-state index in [4.69, 9.17) is 10.5 Å². The minimum Gasteiger partial charge on any atom is -0.444 e. The molecule has 0 spiro atoms. The molecular formula is C22H30BrFN6O2. The molecule has 1 aliphatic rings. The number of pyridine rings is 2. The Bertz CT molecular complexity index is 968.